The molecule has 6 nitrogen and oxygen atoms in total. The quantitative estimate of drug-likeness (QED) is 0.874. The van der Waals surface area contributed by atoms with Crippen molar-refractivity contribution in [2.75, 3.05) is 24.5 Å². The first kappa shape index (κ1) is 16.7. The predicted molar refractivity (Wildman–Crippen MR) is 96.2 cm³/mol. The van der Waals surface area contributed by atoms with Crippen molar-refractivity contribution in [2.45, 2.75) is 25.8 Å². The summed E-state index contributed by atoms with van der Waals surface area (Å²) in [5.41, 5.74) is 1.23. The van der Waals surface area contributed by atoms with Crippen LogP contribution in [0.2, 0.25) is 0 Å². The van der Waals surface area contributed by atoms with Crippen LogP contribution in [0.1, 0.15) is 30.8 Å². The number of carbonyl (C=O) groups is 1. The van der Waals surface area contributed by atoms with Crippen LogP contribution in [0.5, 0.6) is 0 Å². The molecule has 0 unspecified atom stereocenters. The van der Waals surface area contributed by atoms with E-state index < -0.39 is 0 Å². The topological polar surface area (TPSA) is 70.2 Å². The maximum atomic E-state index is 12.0. The zero-order valence-corrected chi connectivity index (χ0v) is 14.6. The van der Waals surface area contributed by atoms with E-state index in [0.717, 1.165) is 37.5 Å². The Kier molecular flexibility index (Phi) is 5.63. The second kappa shape index (κ2) is 8.10. The fourth-order valence-corrected chi connectivity index (χ4v) is 3.59. The molecule has 2 aromatic rings. The number of nitrogens with zero attached hydrogens (tertiary/aromatic N) is 3. The molecule has 1 atom stereocenters. The highest BCUT2D eigenvalue weighted by atomic mass is 32.1. The lowest BCUT2D eigenvalue weighted by molar-refractivity contribution is 0.234. The van der Waals surface area contributed by atoms with Crippen molar-refractivity contribution in [2.24, 2.45) is 5.92 Å². The van der Waals surface area contributed by atoms with Crippen LogP contribution in [0.25, 0.3) is 0 Å². The van der Waals surface area contributed by atoms with Crippen molar-refractivity contribution in [3.05, 3.63) is 41.1 Å². The average Bonchev–Trinajstić information content (AvgIpc) is 3.16. The fraction of sp³-hybridized carbons (Fsp3) is 0.471. The van der Waals surface area contributed by atoms with E-state index in [-0.39, 0.29) is 12.1 Å². The molecule has 3 rings (SSSR count). The molecule has 1 aliphatic heterocycles. The van der Waals surface area contributed by atoms with Crippen LogP contribution in [0.4, 0.5) is 10.5 Å². The van der Waals surface area contributed by atoms with Gasteiger partial charge in [-0.15, -0.1) is 11.3 Å². The maximum absolute atomic E-state index is 12.0. The number of anilines is 1. The minimum absolute atomic E-state index is 0.0569. The molecule has 0 bridgehead atoms. The highest BCUT2D eigenvalue weighted by molar-refractivity contribution is 7.09. The van der Waals surface area contributed by atoms with Gasteiger partial charge in [-0.25, -0.2) is 9.78 Å². The molecule has 2 N–H and O–H groups in total. The van der Waals surface area contributed by atoms with Gasteiger partial charge in [0.15, 0.2) is 0 Å². The minimum Gasteiger partial charge on any atom is -0.371 e. The number of hydrogen-bond acceptors (Lipinski definition) is 5. The summed E-state index contributed by atoms with van der Waals surface area (Å²) in [6.45, 7) is 4.72. The summed E-state index contributed by atoms with van der Waals surface area (Å²) in [4.78, 5) is 22.7. The molecule has 1 aliphatic rings. The predicted octanol–water partition coefficient (Wildman–Crippen LogP) is 2.81. The smallest absolute Gasteiger partial charge is 0.315 e. The molecule has 0 aliphatic carbocycles. The van der Waals surface area contributed by atoms with E-state index in [0.29, 0.717) is 5.92 Å². The van der Waals surface area contributed by atoms with Crippen molar-refractivity contribution in [1.29, 1.82) is 0 Å². The lowest BCUT2D eigenvalue weighted by Crippen LogP contribution is -2.42. The van der Waals surface area contributed by atoms with Gasteiger partial charge in [-0.05, 0) is 37.8 Å². The zero-order chi connectivity index (χ0) is 16.8. The molecule has 0 spiro atoms. The SMILES string of the molecule is C[C@H](NC(=O)NCC1CCN(c2ccncc2)CC1)c1nccs1. The summed E-state index contributed by atoms with van der Waals surface area (Å²) in [5, 5.41) is 8.78. The monoisotopic (exact) mass is 345 g/mol. The Hall–Kier alpha value is -2.15. The summed E-state index contributed by atoms with van der Waals surface area (Å²) in [6, 6.07) is 3.92. The van der Waals surface area contributed by atoms with Crippen LogP contribution < -0.4 is 15.5 Å². The molecule has 0 saturated carbocycles. The summed E-state index contributed by atoms with van der Waals surface area (Å²) >= 11 is 1.55. The first-order valence-electron chi connectivity index (χ1n) is 8.31. The van der Waals surface area contributed by atoms with E-state index >= 15 is 0 Å². The molecule has 1 saturated heterocycles. The van der Waals surface area contributed by atoms with Gasteiger partial charge in [0.2, 0.25) is 0 Å². The van der Waals surface area contributed by atoms with Gasteiger partial charge in [0.05, 0.1) is 6.04 Å². The minimum atomic E-state index is -0.116. The number of pyridine rings is 1. The van der Waals surface area contributed by atoms with Crippen LogP contribution in [0.3, 0.4) is 0 Å². The van der Waals surface area contributed by atoms with E-state index in [1.54, 1.807) is 17.5 Å². The van der Waals surface area contributed by atoms with Crippen molar-refractivity contribution in [3.63, 3.8) is 0 Å². The van der Waals surface area contributed by atoms with E-state index in [1.807, 2.05) is 36.8 Å². The number of hydrogen-bond donors (Lipinski definition) is 2. The normalized spacial score (nSPS) is 16.6. The molecule has 2 aromatic heterocycles. The first-order chi connectivity index (χ1) is 11.7. The number of thiazole rings is 1. The highest BCUT2D eigenvalue weighted by Crippen LogP contribution is 2.22. The molecule has 0 aromatic carbocycles. The van der Waals surface area contributed by atoms with E-state index in [4.69, 9.17) is 0 Å². The standard InChI is InChI=1S/C17H23N5OS/c1-13(16-19-8-11-24-16)21-17(23)20-12-14-4-9-22(10-5-14)15-2-6-18-7-3-15/h2-3,6-8,11,13-14H,4-5,9-10,12H2,1H3,(H2,20,21,23)/t13-/m0/s1. The molecule has 2 amide bonds. The van der Waals surface area contributed by atoms with Gasteiger partial charge in [0, 0.05) is 49.3 Å². The van der Waals surface area contributed by atoms with Gasteiger partial charge < -0.3 is 15.5 Å². The Bertz CT molecular complexity index is 626. The van der Waals surface area contributed by atoms with E-state index in [2.05, 4.69) is 25.5 Å². The number of piperidine rings is 1. The molecular weight excluding hydrogens is 322 g/mol. The van der Waals surface area contributed by atoms with Crippen molar-refractivity contribution in [3.8, 4) is 0 Å². The van der Waals surface area contributed by atoms with Crippen molar-refractivity contribution >= 4 is 23.1 Å². The molecule has 128 valence electrons. The Balaban J connectivity index is 1.38. The third kappa shape index (κ3) is 4.44. The second-order valence-corrected chi connectivity index (χ2v) is 7.01. The molecule has 3 heterocycles. The van der Waals surface area contributed by atoms with Gasteiger partial charge in [-0.2, -0.15) is 0 Å². The van der Waals surface area contributed by atoms with Crippen LogP contribution >= 0.6 is 11.3 Å². The number of urea groups is 1. The number of amides is 2. The Morgan fingerprint density at radius 1 is 1.33 bits per heavy atom. The Morgan fingerprint density at radius 2 is 2.08 bits per heavy atom. The van der Waals surface area contributed by atoms with Crippen molar-refractivity contribution < 1.29 is 4.79 Å². The molecule has 0 radical (unpaired) electrons. The van der Waals surface area contributed by atoms with Crippen molar-refractivity contribution in [1.82, 2.24) is 20.6 Å². The average molecular weight is 345 g/mol. The summed E-state index contributed by atoms with van der Waals surface area (Å²) in [7, 11) is 0. The Labute approximate surface area is 146 Å². The highest BCUT2D eigenvalue weighted by Gasteiger charge is 2.20. The number of nitrogens with one attached hydrogen (secondary N) is 2. The van der Waals surface area contributed by atoms with Gasteiger partial charge >= 0.3 is 6.03 Å². The number of carbonyl (C=O) groups excluding carboxylic acids is 1. The third-order valence-corrected chi connectivity index (χ3v) is 5.32. The molecule has 7 heteroatoms. The van der Waals surface area contributed by atoms with Gasteiger partial charge in [-0.1, -0.05) is 0 Å². The van der Waals surface area contributed by atoms with E-state index in [1.165, 1.54) is 5.69 Å². The third-order valence-electron chi connectivity index (χ3n) is 4.36. The summed E-state index contributed by atoms with van der Waals surface area (Å²) < 4.78 is 0. The van der Waals surface area contributed by atoms with Crippen LogP contribution in [-0.2, 0) is 0 Å². The van der Waals surface area contributed by atoms with Gasteiger partial charge in [0.1, 0.15) is 5.01 Å². The zero-order valence-electron chi connectivity index (χ0n) is 13.8. The van der Waals surface area contributed by atoms with Crippen LogP contribution in [-0.4, -0.2) is 35.6 Å². The lowest BCUT2D eigenvalue weighted by Gasteiger charge is -2.33. The maximum Gasteiger partial charge on any atom is 0.315 e. The van der Waals surface area contributed by atoms with Gasteiger partial charge in [-0.3, -0.25) is 4.98 Å². The number of aromatic nitrogens is 2. The second-order valence-electron chi connectivity index (χ2n) is 6.08. The van der Waals surface area contributed by atoms with Gasteiger partial charge in [0.25, 0.3) is 0 Å². The Morgan fingerprint density at radius 3 is 2.75 bits per heavy atom. The lowest BCUT2D eigenvalue weighted by atomic mass is 9.96. The first-order valence-corrected chi connectivity index (χ1v) is 9.19. The summed E-state index contributed by atoms with van der Waals surface area (Å²) in [5.74, 6) is 0.531. The molecular formula is C17H23N5OS. The molecule has 1 fully saturated rings. The van der Waals surface area contributed by atoms with E-state index in [9.17, 15) is 4.79 Å². The molecule has 24 heavy (non-hydrogen) atoms. The largest absolute Gasteiger partial charge is 0.371 e. The number of rotatable bonds is 5. The van der Waals surface area contributed by atoms with Crippen LogP contribution in [0, 0.1) is 5.92 Å². The van der Waals surface area contributed by atoms with Crippen LogP contribution in [0.15, 0.2) is 36.1 Å². The summed E-state index contributed by atoms with van der Waals surface area (Å²) in [6.07, 6.45) is 7.59. The fourth-order valence-electron chi connectivity index (χ4n) is 2.94.